The van der Waals surface area contributed by atoms with Gasteiger partial charge >= 0.3 is 6.18 Å². The van der Waals surface area contributed by atoms with Crippen LogP contribution in [0.25, 0.3) is 42.2 Å². The van der Waals surface area contributed by atoms with E-state index in [9.17, 15) is 13.2 Å². The van der Waals surface area contributed by atoms with Gasteiger partial charge in [-0.3, -0.25) is 0 Å². The van der Waals surface area contributed by atoms with E-state index in [4.69, 9.17) is 4.74 Å². The molecule has 0 fully saturated rings. The first kappa shape index (κ1) is 20.6. The van der Waals surface area contributed by atoms with Crippen LogP contribution in [0.1, 0.15) is 5.56 Å². The van der Waals surface area contributed by atoms with Gasteiger partial charge in [-0.25, -0.2) is 0 Å². The Morgan fingerprint density at radius 1 is 0.676 bits per heavy atom. The third kappa shape index (κ3) is 3.64. The molecule has 3 nitrogen and oxygen atoms in total. The Morgan fingerprint density at radius 3 is 2.12 bits per heavy atom. The van der Waals surface area contributed by atoms with Crippen molar-refractivity contribution in [1.82, 2.24) is 10.2 Å². The molecule has 2 aromatic heterocycles. The van der Waals surface area contributed by atoms with Crippen LogP contribution in [0.15, 0.2) is 91.0 Å². The van der Waals surface area contributed by atoms with Crippen molar-refractivity contribution >= 4 is 43.0 Å². The molecule has 0 spiro atoms. The van der Waals surface area contributed by atoms with Crippen LogP contribution in [-0.2, 0) is 6.18 Å². The SMILES string of the molecule is FC(F)(F)c1cccc(Oc2nnc(-c3cc4ccccc4s3)c3cc4ccccc4cc23)c1. The Hall–Kier alpha value is -3.97. The third-order valence-corrected chi connectivity index (χ3v) is 6.77. The van der Waals surface area contributed by atoms with Gasteiger partial charge in [0, 0.05) is 15.5 Å². The monoisotopic (exact) mass is 472 g/mol. The molecule has 0 amide bonds. The zero-order valence-corrected chi connectivity index (χ0v) is 18.3. The predicted molar refractivity (Wildman–Crippen MR) is 129 cm³/mol. The number of thiophene rings is 1. The van der Waals surface area contributed by atoms with E-state index in [1.807, 2.05) is 54.6 Å². The van der Waals surface area contributed by atoms with Gasteiger partial charge < -0.3 is 4.74 Å². The van der Waals surface area contributed by atoms with Crippen molar-refractivity contribution in [3.05, 3.63) is 96.6 Å². The van der Waals surface area contributed by atoms with Crippen LogP contribution in [0.4, 0.5) is 13.2 Å². The van der Waals surface area contributed by atoms with E-state index in [2.05, 4.69) is 22.3 Å². The summed E-state index contributed by atoms with van der Waals surface area (Å²) in [5, 5.41) is 13.4. The minimum absolute atomic E-state index is 0.0493. The van der Waals surface area contributed by atoms with Crippen LogP contribution in [0.3, 0.4) is 0 Å². The first-order valence-corrected chi connectivity index (χ1v) is 11.3. The molecule has 0 unspecified atom stereocenters. The number of rotatable bonds is 3. The summed E-state index contributed by atoms with van der Waals surface area (Å²) < 4.78 is 46.5. The third-order valence-electron chi connectivity index (χ3n) is 5.65. The molecule has 166 valence electrons. The normalized spacial score (nSPS) is 12.0. The quantitative estimate of drug-likeness (QED) is 0.242. The highest BCUT2D eigenvalue weighted by molar-refractivity contribution is 7.22. The molecule has 2 heterocycles. The first-order valence-electron chi connectivity index (χ1n) is 10.5. The molecule has 0 N–H and O–H groups in total. The zero-order valence-electron chi connectivity index (χ0n) is 17.5. The second-order valence-corrected chi connectivity index (χ2v) is 8.96. The number of alkyl halides is 3. The summed E-state index contributed by atoms with van der Waals surface area (Å²) in [4.78, 5) is 0.958. The fraction of sp³-hybridized carbons (Fsp3) is 0.0370. The molecule has 0 saturated heterocycles. The first-order chi connectivity index (χ1) is 16.5. The van der Waals surface area contributed by atoms with Crippen LogP contribution in [0.2, 0.25) is 0 Å². The second-order valence-electron chi connectivity index (χ2n) is 7.87. The van der Waals surface area contributed by atoms with Crippen LogP contribution in [0, 0.1) is 0 Å². The standard InChI is InChI=1S/C27H15F3N2OS/c28-27(29,30)19-9-5-10-20(15-19)33-26-22-13-17-7-2-1-6-16(17)12-21(22)25(31-32-26)24-14-18-8-3-4-11-23(18)34-24/h1-15H. The van der Waals surface area contributed by atoms with Crippen molar-refractivity contribution in [3.8, 4) is 22.2 Å². The number of hydrogen-bond donors (Lipinski definition) is 0. The Labute approximate surface area is 196 Å². The lowest BCUT2D eigenvalue weighted by molar-refractivity contribution is -0.137. The molecular formula is C27H15F3N2OS. The molecule has 0 aliphatic carbocycles. The van der Waals surface area contributed by atoms with Gasteiger partial charge in [0.1, 0.15) is 11.4 Å². The number of aromatic nitrogens is 2. The summed E-state index contributed by atoms with van der Waals surface area (Å²) in [6.45, 7) is 0. The lowest BCUT2D eigenvalue weighted by Crippen LogP contribution is -2.04. The van der Waals surface area contributed by atoms with E-state index < -0.39 is 11.7 Å². The van der Waals surface area contributed by atoms with Crippen molar-refractivity contribution in [2.45, 2.75) is 6.18 Å². The van der Waals surface area contributed by atoms with Crippen molar-refractivity contribution in [2.24, 2.45) is 0 Å². The van der Waals surface area contributed by atoms with Crippen molar-refractivity contribution < 1.29 is 17.9 Å². The molecule has 0 atom stereocenters. The maximum absolute atomic E-state index is 13.2. The maximum Gasteiger partial charge on any atom is 0.416 e. The number of benzene rings is 4. The van der Waals surface area contributed by atoms with Crippen LogP contribution in [-0.4, -0.2) is 10.2 Å². The summed E-state index contributed by atoms with van der Waals surface area (Å²) in [6, 6.07) is 26.8. The topological polar surface area (TPSA) is 35.0 Å². The summed E-state index contributed by atoms with van der Waals surface area (Å²) >= 11 is 1.62. The van der Waals surface area contributed by atoms with Crippen LogP contribution >= 0.6 is 11.3 Å². The van der Waals surface area contributed by atoms with Gasteiger partial charge in [0.25, 0.3) is 0 Å². The molecule has 0 aliphatic rings. The Kier molecular flexibility index (Phi) is 4.74. The smallest absolute Gasteiger partial charge is 0.416 e. The lowest BCUT2D eigenvalue weighted by Gasteiger charge is -2.12. The van der Waals surface area contributed by atoms with E-state index in [0.29, 0.717) is 11.1 Å². The van der Waals surface area contributed by atoms with E-state index in [1.54, 1.807) is 11.3 Å². The summed E-state index contributed by atoms with van der Waals surface area (Å²) in [5.74, 6) is 0.207. The van der Waals surface area contributed by atoms with Crippen molar-refractivity contribution in [1.29, 1.82) is 0 Å². The highest BCUT2D eigenvalue weighted by Crippen LogP contribution is 2.40. The average molecular weight is 472 g/mol. The van der Waals surface area contributed by atoms with Gasteiger partial charge in [-0.05, 0) is 58.6 Å². The molecule has 6 aromatic rings. The minimum atomic E-state index is -4.46. The van der Waals surface area contributed by atoms with Crippen molar-refractivity contribution in [2.75, 3.05) is 0 Å². The molecule has 0 bridgehead atoms. The van der Waals surface area contributed by atoms with Gasteiger partial charge in [0.15, 0.2) is 0 Å². The molecular weight excluding hydrogens is 457 g/mol. The lowest BCUT2D eigenvalue weighted by atomic mass is 10.0. The summed E-state index contributed by atoms with van der Waals surface area (Å²) in [7, 11) is 0. The zero-order chi connectivity index (χ0) is 23.3. The maximum atomic E-state index is 13.2. The number of hydrogen-bond acceptors (Lipinski definition) is 4. The summed E-state index contributed by atoms with van der Waals surface area (Å²) in [5.41, 5.74) is -0.0760. The van der Waals surface area contributed by atoms with Gasteiger partial charge in [0.2, 0.25) is 5.88 Å². The highest BCUT2D eigenvalue weighted by Gasteiger charge is 2.30. The Balaban J connectivity index is 1.55. The van der Waals surface area contributed by atoms with Gasteiger partial charge in [-0.2, -0.15) is 13.2 Å². The second kappa shape index (κ2) is 7.81. The molecule has 34 heavy (non-hydrogen) atoms. The average Bonchev–Trinajstić information content (AvgIpc) is 3.27. The van der Waals surface area contributed by atoms with E-state index >= 15 is 0 Å². The van der Waals surface area contributed by atoms with Gasteiger partial charge in [-0.1, -0.05) is 48.5 Å². The Morgan fingerprint density at radius 2 is 1.38 bits per heavy atom. The van der Waals surface area contributed by atoms with E-state index in [1.165, 1.54) is 12.1 Å². The molecule has 7 heteroatoms. The number of nitrogens with zero attached hydrogens (tertiary/aromatic N) is 2. The van der Waals surface area contributed by atoms with Crippen LogP contribution in [0.5, 0.6) is 11.6 Å². The molecule has 0 aliphatic heterocycles. The largest absolute Gasteiger partial charge is 0.437 e. The summed E-state index contributed by atoms with van der Waals surface area (Å²) in [6.07, 6.45) is -4.46. The van der Waals surface area contributed by atoms with Gasteiger partial charge in [-0.15, -0.1) is 21.5 Å². The minimum Gasteiger partial charge on any atom is -0.437 e. The molecule has 0 radical (unpaired) electrons. The molecule has 6 rings (SSSR count). The Bertz CT molecular complexity index is 1660. The van der Waals surface area contributed by atoms with E-state index in [-0.39, 0.29) is 11.6 Å². The molecule has 4 aromatic carbocycles. The predicted octanol–water partition coefficient (Wildman–Crippen LogP) is 8.48. The number of ether oxygens (including phenoxy) is 1. The van der Waals surface area contributed by atoms with Crippen LogP contribution < -0.4 is 4.74 Å². The highest BCUT2D eigenvalue weighted by atomic mass is 32.1. The molecule has 0 saturated carbocycles. The number of halogens is 3. The fourth-order valence-electron chi connectivity index (χ4n) is 4.02. The number of fused-ring (bicyclic) bond motifs is 3. The van der Waals surface area contributed by atoms with E-state index in [0.717, 1.165) is 43.3 Å². The van der Waals surface area contributed by atoms with Gasteiger partial charge in [0.05, 0.1) is 10.4 Å². The fourth-order valence-corrected chi connectivity index (χ4v) is 5.08. The van der Waals surface area contributed by atoms with Crippen molar-refractivity contribution in [3.63, 3.8) is 0 Å².